The van der Waals surface area contributed by atoms with Gasteiger partial charge in [-0.25, -0.2) is 4.79 Å². The number of aryl methyl sites for hydroxylation is 1. The van der Waals surface area contributed by atoms with Crippen LogP contribution in [0.1, 0.15) is 22.6 Å². The second-order valence-corrected chi connectivity index (χ2v) is 8.27. The Hall–Kier alpha value is -4.76. The number of ether oxygens (including phenoxy) is 3. The molecule has 1 atom stereocenters. The molecular formula is C29H22N2O4. The van der Waals surface area contributed by atoms with Crippen molar-refractivity contribution in [2.24, 2.45) is 5.73 Å². The van der Waals surface area contributed by atoms with E-state index in [1.807, 2.05) is 61.5 Å². The molecule has 4 aromatic rings. The highest BCUT2D eigenvalue weighted by Crippen LogP contribution is 2.45. The molecule has 0 saturated carbocycles. The minimum atomic E-state index is -0.548. The topological polar surface area (TPSA) is 94.6 Å². The summed E-state index contributed by atoms with van der Waals surface area (Å²) in [4.78, 5) is 12.4. The van der Waals surface area contributed by atoms with Crippen molar-refractivity contribution in [3.63, 3.8) is 0 Å². The second kappa shape index (κ2) is 9.24. The van der Waals surface area contributed by atoms with Gasteiger partial charge in [-0.2, -0.15) is 5.26 Å². The molecule has 0 fully saturated rings. The van der Waals surface area contributed by atoms with Crippen LogP contribution in [0.2, 0.25) is 0 Å². The van der Waals surface area contributed by atoms with Crippen molar-refractivity contribution in [2.75, 3.05) is 6.61 Å². The second-order valence-electron chi connectivity index (χ2n) is 8.27. The van der Waals surface area contributed by atoms with E-state index in [2.05, 4.69) is 6.07 Å². The molecule has 0 spiro atoms. The number of hydrogen-bond acceptors (Lipinski definition) is 6. The van der Waals surface area contributed by atoms with Crippen molar-refractivity contribution in [2.45, 2.75) is 12.8 Å². The van der Waals surface area contributed by atoms with Crippen LogP contribution < -0.4 is 19.9 Å². The Labute approximate surface area is 202 Å². The molecule has 1 heterocycles. The highest BCUT2D eigenvalue weighted by Gasteiger charge is 2.32. The summed E-state index contributed by atoms with van der Waals surface area (Å²) >= 11 is 0. The molecule has 0 saturated heterocycles. The summed E-state index contributed by atoms with van der Waals surface area (Å²) in [7, 11) is 0. The Bertz CT molecular complexity index is 1490. The summed E-state index contributed by atoms with van der Waals surface area (Å²) in [6.45, 7) is 1.74. The van der Waals surface area contributed by atoms with Gasteiger partial charge in [0.1, 0.15) is 28.9 Å². The number of nitrogens with two attached hydrogens (primary N) is 1. The molecule has 0 aliphatic carbocycles. The SMILES string of the molecule is Cc1ccc(OCC(=O)Oc2ccc3c(c2)OC(N)=C(C#N)C3c2cccc3ccccc23)cc1. The Balaban J connectivity index is 1.43. The third-order valence-corrected chi connectivity index (χ3v) is 5.93. The third-order valence-electron chi connectivity index (χ3n) is 5.93. The van der Waals surface area contributed by atoms with Gasteiger partial charge in [0.25, 0.3) is 0 Å². The van der Waals surface area contributed by atoms with Crippen LogP contribution in [0, 0.1) is 18.3 Å². The Morgan fingerprint density at radius 3 is 2.51 bits per heavy atom. The quantitative estimate of drug-likeness (QED) is 0.317. The van der Waals surface area contributed by atoms with E-state index in [0.717, 1.165) is 27.5 Å². The van der Waals surface area contributed by atoms with Gasteiger partial charge in [0.15, 0.2) is 6.61 Å². The van der Waals surface area contributed by atoms with Gasteiger partial charge in [0, 0.05) is 11.6 Å². The lowest BCUT2D eigenvalue weighted by molar-refractivity contribution is -0.136. The number of rotatable bonds is 5. The highest BCUT2D eigenvalue weighted by atomic mass is 16.6. The molecule has 1 aliphatic rings. The van der Waals surface area contributed by atoms with Gasteiger partial charge in [-0.1, -0.05) is 66.2 Å². The van der Waals surface area contributed by atoms with E-state index in [4.69, 9.17) is 19.9 Å². The number of carbonyl (C=O) groups is 1. The predicted octanol–water partition coefficient (Wildman–Crippen LogP) is 5.35. The minimum Gasteiger partial charge on any atom is -0.482 e. The summed E-state index contributed by atoms with van der Waals surface area (Å²) in [6, 6.07) is 28.7. The third kappa shape index (κ3) is 4.40. The molecule has 1 unspecified atom stereocenters. The molecule has 0 amide bonds. The van der Waals surface area contributed by atoms with E-state index in [-0.39, 0.29) is 12.5 Å². The average molecular weight is 463 g/mol. The zero-order valence-corrected chi connectivity index (χ0v) is 19.0. The predicted molar refractivity (Wildman–Crippen MR) is 132 cm³/mol. The molecule has 5 rings (SSSR count). The Kier molecular flexibility index (Phi) is 5.82. The summed E-state index contributed by atoms with van der Waals surface area (Å²) in [6.07, 6.45) is 0. The fourth-order valence-electron chi connectivity index (χ4n) is 4.26. The summed E-state index contributed by atoms with van der Waals surface area (Å²) in [5.74, 6) is 0.387. The number of nitrogens with zero attached hydrogens (tertiary/aromatic N) is 1. The molecular weight excluding hydrogens is 440 g/mol. The van der Waals surface area contributed by atoms with Crippen LogP contribution in [0.25, 0.3) is 10.8 Å². The molecule has 0 radical (unpaired) electrons. The first-order chi connectivity index (χ1) is 17.0. The molecule has 0 aromatic heterocycles. The van der Waals surface area contributed by atoms with Gasteiger partial charge in [0.05, 0.1) is 5.92 Å². The van der Waals surface area contributed by atoms with Gasteiger partial charge in [-0.15, -0.1) is 0 Å². The van der Waals surface area contributed by atoms with Gasteiger partial charge in [0.2, 0.25) is 5.88 Å². The lowest BCUT2D eigenvalue weighted by Crippen LogP contribution is -2.22. The largest absolute Gasteiger partial charge is 0.482 e. The lowest BCUT2D eigenvalue weighted by atomic mass is 9.81. The molecule has 6 nitrogen and oxygen atoms in total. The van der Waals surface area contributed by atoms with Crippen LogP contribution in [0.4, 0.5) is 0 Å². The van der Waals surface area contributed by atoms with Crippen LogP contribution in [0.5, 0.6) is 17.2 Å². The Morgan fingerprint density at radius 2 is 1.71 bits per heavy atom. The maximum atomic E-state index is 12.4. The summed E-state index contributed by atoms with van der Waals surface area (Å²) in [5.41, 5.74) is 9.31. The number of benzene rings is 4. The fourth-order valence-corrected chi connectivity index (χ4v) is 4.26. The van der Waals surface area contributed by atoms with Gasteiger partial charge >= 0.3 is 5.97 Å². The first-order valence-corrected chi connectivity index (χ1v) is 11.1. The van der Waals surface area contributed by atoms with E-state index in [0.29, 0.717) is 22.8 Å². The molecule has 6 heteroatoms. The van der Waals surface area contributed by atoms with Crippen LogP contribution in [-0.2, 0) is 4.79 Å². The molecule has 2 N–H and O–H groups in total. The molecule has 172 valence electrons. The number of hydrogen-bond donors (Lipinski definition) is 1. The number of nitriles is 1. The van der Waals surface area contributed by atoms with E-state index < -0.39 is 11.9 Å². The zero-order chi connectivity index (χ0) is 24.4. The van der Waals surface area contributed by atoms with Gasteiger partial charge < -0.3 is 19.9 Å². The van der Waals surface area contributed by atoms with Gasteiger partial charge in [-0.05, 0) is 41.5 Å². The van der Waals surface area contributed by atoms with E-state index in [1.165, 1.54) is 0 Å². The smallest absolute Gasteiger partial charge is 0.349 e. The van der Waals surface area contributed by atoms with Crippen molar-refractivity contribution >= 4 is 16.7 Å². The van der Waals surface area contributed by atoms with Crippen molar-refractivity contribution in [1.82, 2.24) is 0 Å². The first kappa shape index (κ1) is 22.1. The van der Waals surface area contributed by atoms with Crippen LogP contribution in [-0.4, -0.2) is 12.6 Å². The number of allylic oxidation sites excluding steroid dienone is 1. The van der Waals surface area contributed by atoms with Crippen molar-refractivity contribution in [1.29, 1.82) is 5.26 Å². The van der Waals surface area contributed by atoms with Crippen LogP contribution in [0.3, 0.4) is 0 Å². The zero-order valence-electron chi connectivity index (χ0n) is 19.0. The monoisotopic (exact) mass is 462 g/mol. The normalized spacial score (nSPS) is 14.6. The first-order valence-electron chi connectivity index (χ1n) is 11.1. The average Bonchev–Trinajstić information content (AvgIpc) is 2.87. The van der Waals surface area contributed by atoms with Gasteiger partial charge in [-0.3, -0.25) is 0 Å². The van der Waals surface area contributed by atoms with Crippen LogP contribution in [0.15, 0.2) is 96.4 Å². The molecule has 1 aliphatic heterocycles. The van der Waals surface area contributed by atoms with Crippen molar-refractivity contribution in [3.05, 3.63) is 113 Å². The highest BCUT2D eigenvalue weighted by molar-refractivity contribution is 5.87. The maximum absolute atomic E-state index is 12.4. The molecule has 35 heavy (non-hydrogen) atoms. The Morgan fingerprint density at radius 1 is 0.971 bits per heavy atom. The summed E-state index contributed by atoms with van der Waals surface area (Å²) < 4.78 is 16.7. The standard InChI is InChI=1S/C29H22N2O4/c1-18-9-11-20(12-10-18)33-17-27(32)34-21-13-14-24-26(15-21)35-29(31)25(16-30)28(24)23-8-4-6-19-5-2-3-7-22(19)23/h2-15,28H,17,31H2,1H3. The van der Waals surface area contributed by atoms with Crippen LogP contribution >= 0.6 is 0 Å². The lowest BCUT2D eigenvalue weighted by Gasteiger charge is -2.27. The molecule has 4 aromatic carbocycles. The molecule has 0 bridgehead atoms. The number of esters is 1. The fraction of sp³-hybridized carbons (Fsp3) is 0.103. The van der Waals surface area contributed by atoms with E-state index in [9.17, 15) is 10.1 Å². The number of carbonyl (C=O) groups excluding carboxylic acids is 1. The minimum absolute atomic E-state index is 0.0316. The van der Waals surface area contributed by atoms with Crippen molar-refractivity contribution in [3.8, 4) is 23.3 Å². The number of fused-ring (bicyclic) bond motifs is 2. The van der Waals surface area contributed by atoms with Crippen molar-refractivity contribution < 1.29 is 19.0 Å². The van der Waals surface area contributed by atoms with E-state index >= 15 is 0 Å². The maximum Gasteiger partial charge on any atom is 0.349 e. The summed E-state index contributed by atoms with van der Waals surface area (Å²) in [5, 5.41) is 12.0. The van der Waals surface area contributed by atoms with E-state index in [1.54, 1.807) is 30.3 Å².